The largest absolute Gasteiger partial charge is 0.460 e. The third-order valence-corrected chi connectivity index (χ3v) is 8.42. The van der Waals surface area contributed by atoms with E-state index in [0.717, 1.165) is 22.3 Å². The summed E-state index contributed by atoms with van der Waals surface area (Å²) in [6, 6.07) is 36.2. The average Bonchev–Trinajstić information content (AvgIpc) is 3.20. The van der Waals surface area contributed by atoms with Gasteiger partial charge in [0, 0.05) is 40.0 Å². The highest BCUT2D eigenvalue weighted by Gasteiger charge is 2.27. The van der Waals surface area contributed by atoms with Crippen LogP contribution < -0.4 is 11.1 Å². The quantitative estimate of drug-likeness (QED) is 0.0864. The summed E-state index contributed by atoms with van der Waals surface area (Å²) in [5.74, 6) is -1.28. The molecule has 3 N–H and O–H groups in total. The first-order valence-electron chi connectivity index (χ1n) is 18.9. The summed E-state index contributed by atoms with van der Waals surface area (Å²) >= 11 is 0. The van der Waals surface area contributed by atoms with Gasteiger partial charge in [-0.1, -0.05) is 121 Å². The van der Waals surface area contributed by atoms with Crippen molar-refractivity contribution in [2.24, 2.45) is 5.73 Å². The number of rotatable bonds is 17. The number of hydrogen-bond donors (Lipinski definition) is 2. The Balaban J connectivity index is 0.000000586. The van der Waals surface area contributed by atoms with Crippen molar-refractivity contribution in [3.8, 4) is 0 Å². The Bertz CT molecular complexity index is 1830. The monoisotopic (exact) mass is 848 g/mol. The molecule has 4 aromatic carbocycles. The number of carbonyl (C=O) groups is 5. The van der Waals surface area contributed by atoms with Crippen molar-refractivity contribution in [1.29, 1.82) is 0 Å². The molecule has 59 heavy (non-hydrogen) atoms. The fraction of sp³-hybridized carbons (Fsp3) is 0.356. The highest BCUT2D eigenvalue weighted by Crippen LogP contribution is 2.12. The minimum absolute atomic E-state index is 0. The van der Waals surface area contributed by atoms with Crippen LogP contribution in [-0.2, 0) is 59.7 Å². The molecule has 0 fully saturated rings. The van der Waals surface area contributed by atoms with Crippen molar-refractivity contribution in [1.82, 2.24) is 15.1 Å². The second-order valence-corrected chi connectivity index (χ2v) is 14.5. The minimum Gasteiger partial charge on any atom is -0.460 e. The van der Waals surface area contributed by atoms with Crippen LogP contribution in [0.3, 0.4) is 0 Å². The van der Waals surface area contributed by atoms with Gasteiger partial charge in [0.25, 0.3) is 0 Å². The molecule has 12 nitrogen and oxygen atoms in total. The molecule has 0 spiro atoms. The maximum absolute atomic E-state index is 12.7. The molecule has 0 aromatic heterocycles. The molecule has 0 aliphatic rings. The Kier molecular flexibility index (Phi) is 24.0. The number of benzene rings is 4. The normalized spacial score (nSPS) is 11.4. The maximum Gasteiger partial charge on any atom is 0.408 e. The lowest BCUT2D eigenvalue weighted by molar-refractivity contribution is -0.148. The molecular weight excluding hydrogens is 789 g/mol. The lowest BCUT2D eigenvalue weighted by Gasteiger charge is -2.23. The van der Waals surface area contributed by atoms with Gasteiger partial charge in [-0.05, 0) is 55.9 Å². The highest BCUT2D eigenvalue weighted by atomic mass is 32.1. The summed E-state index contributed by atoms with van der Waals surface area (Å²) < 4.78 is 15.8. The number of amides is 3. The van der Waals surface area contributed by atoms with Gasteiger partial charge in [-0.3, -0.25) is 14.4 Å². The standard InChI is InChI=1S/C25H32N2O5.C20H24N2O3.2H2S/c1-25(2,3)32-24(30)26-21(23(29)31-18-20-13-9-6-10-14-20)15-16-22(28)27(4)17-19-11-7-5-8-12-19;1-22(14-16-8-4-2-5-9-16)19(23)13-12-18(21)20(24)25-15-17-10-6-3-7-11-17;;/h5-14,21H,15-18H2,1-4H3,(H,26,30);2-11,18H,12-15,21H2,1H3;2*1H2/t21-;18-;;/m00../s1. The van der Waals surface area contributed by atoms with Crippen molar-refractivity contribution >= 4 is 56.8 Å². The van der Waals surface area contributed by atoms with Crippen LogP contribution >= 0.6 is 27.0 Å². The van der Waals surface area contributed by atoms with E-state index in [1.54, 1.807) is 44.7 Å². The summed E-state index contributed by atoms with van der Waals surface area (Å²) in [6.07, 6.45) is -0.0739. The molecule has 320 valence electrons. The molecule has 0 radical (unpaired) electrons. The van der Waals surface area contributed by atoms with Gasteiger partial charge in [0.1, 0.15) is 30.9 Å². The van der Waals surface area contributed by atoms with Gasteiger partial charge in [-0.25, -0.2) is 9.59 Å². The second kappa shape index (κ2) is 27.4. The highest BCUT2D eigenvalue weighted by molar-refractivity contribution is 7.59. The molecule has 0 saturated heterocycles. The summed E-state index contributed by atoms with van der Waals surface area (Å²) in [4.78, 5) is 64.8. The van der Waals surface area contributed by atoms with Crippen molar-refractivity contribution in [2.45, 2.75) is 90.4 Å². The van der Waals surface area contributed by atoms with Crippen LogP contribution in [0.5, 0.6) is 0 Å². The average molecular weight is 849 g/mol. The third-order valence-electron chi connectivity index (χ3n) is 8.42. The first-order valence-corrected chi connectivity index (χ1v) is 18.9. The van der Waals surface area contributed by atoms with Crippen LogP contribution in [0.15, 0.2) is 121 Å². The second-order valence-electron chi connectivity index (χ2n) is 14.5. The van der Waals surface area contributed by atoms with E-state index < -0.39 is 35.7 Å². The number of nitrogens with zero attached hydrogens (tertiary/aromatic N) is 2. The minimum atomic E-state index is -0.998. The van der Waals surface area contributed by atoms with Crippen LogP contribution in [0.25, 0.3) is 0 Å². The van der Waals surface area contributed by atoms with Gasteiger partial charge in [0.2, 0.25) is 11.8 Å². The predicted molar refractivity (Wildman–Crippen MR) is 239 cm³/mol. The molecule has 14 heteroatoms. The fourth-order valence-corrected chi connectivity index (χ4v) is 5.30. The summed E-state index contributed by atoms with van der Waals surface area (Å²) in [5, 5.41) is 2.55. The van der Waals surface area contributed by atoms with E-state index >= 15 is 0 Å². The molecule has 0 saturated carbocycles. The first-order chi connectivity index (χ1) is 27.2. The molecule has 0 unspecified atom stereocenters. The van der Waals surface area contributed by atoms with Gasteiger partial charge < -0.3 is 35.1 Å². The van der Waals surface area contributed by atoms with Gasteiger partial charge >= 0.3 is 18.0 Å². The molecule has 0 aliphatic heterocycles. The molecule has 0 heterocycles. The fourth-order valence-electron chi connectivity index (χ4n) is 5.30. The summed E-state index contributed by atoms with van der Waals surface area (Å²) in [5.41, 5.74) is 8.93. The van der Waals surface area contributed by atoms with Crippen LogP contribution in [0.2, 0.25) is 0 Å². The summed E-state index contributed by atoms with van der Waals surface area (Å²) in [6.45, 7) is 6.46. The lowest BCUT2D eigenvalue weighted by Crippen LogP contribution is -2.44. The zero-order valence-corrected chi connectivity index (χ0v) is 36.6. The molecule has 4 aromatic rings. The van der Waals surface area contributed by atoms with Crippen LogP contribution in [0, 0.1) is 0 Å². The van der Waals surface area contributed by atoms with E-state index in [1.165, 1.54) is 0 Å². The molecule has 0 aliphatic carbocycles. The molecule has 2 atom stereocenters. The van der Waals surface area contributed by atoms with E-state index in [9.17, 15) is 24.0 Å². The smallest absolute Gasteiger partial charge is 0.408 e. The number of nitrogens with one attached hydrogen (secondary N) is 1. The van der Waals surface area contributed by atoms with Gasteiger partial charge in [-0.15, -0.1) is 0 Å². The lowest BCUT2D eigenvalue weighted by atomic mass is 10.1. The topological polar surface area (TPSA) is 158 Å². The van der Waals surface area contributed by atoms with E-state index in [1.807, 2.05) is 121 Å². The van der Waals surface area contributed by atoms with E-state index in [-0.39, 0.29) is 77.7 Å². The molecule has 4 rings (SSSR count). The van der Waals surface area contributed by atoms with Crippen molar-refractivity contribution in [2.75, 3.05) is 14.1 Å². The Morgan fingerprint density at radius 2 is 0.932 bits per heavy atom. The van der Waals surface area contributed by atoms with E-state index in [2.05, 4.69) is 5.32 Å². The number of esters is 2. The SMILES string of the molecule is CN(Cc1ccccc1)C(=O)CC[C@H](N)C(=O)OCc1ccccc1.CN(Cc1ccccc1)C(=O)CC[C@H](NC(=O)OC(C)(C)C)C(=O)OCc1ccccc1.S.S. The van der Waals surface area contributed by atoms with Crippen molar-refractivity contribution < 1.29 is 38.2 Å². The molecule has 3 amide bonds. The van der Waals surface area contributed by atoms with Crippen LogP contribution in [0.1, 0.15) is 68.7 Å². The summed E-state index contributed by atoms with van der Waals surface area (Å²) in [7, 11) is 3.45. The Hall–Kier alpha value is -5.31. The predicted octanol–water partition coefficient (Wildman–Crippen LogP) is 6.78. The Morgan fingerprint density at radius 1 is 0.576 bits per heavy atom. The zero-order valence-electron chi connectivity index (χ0n) is 34.6. The number of nitrogens with two attached hydrogens (primary N) is 1. The maximum atomic E-state index is 12.7. The van der Waals surface area contributed by atoms with Gasteiger partial charge in [-0.2, -0.15) is 27.0 Å². The third kappa shape index (κ3) is 21.3. The number of carbonyl (C=O) groups excluding carboxylic acids is 5. The van der Waals surface area contributed by atoms with Crippen LogP contribution in [-0.4, -0.2) is 71.4 Å². The number of ether oxygens (including phenoxy) is 3. The van der Waals surface area contributed by atoms with Gasteiger partial charge in [0.05, 0.1) is 0 Å². The zero-order chi connectivity index (χ0) is 41.6. The molecule has 0 bridgehead atoms. The van der Waals surface area contributed by atoms with E-state index in [4.69, 9.17) is 19.9 Å². The van der Waals surface area contributed by atoms with Gasteiger partial charge in [0.15, 0.2) is 0 Å². The molecular formula is C45H60N4O8S2. The number of hydrogen-bond acceptors (Lipinski definition) is 9. The van der Waals surface area contributed by atoms with Crippen molar-refractivity contribution in [3.05, 3.63) is 144 Å². The van der Waals surface area contributed by atoms with Crippen molar-refractivity contribution in [3.63, 3.8) is 0 Å². The van der Waals surface area contributed by atoms with E-state index in [0.29, 0.717) is 13.1 Å². The Morgan fingerprint density at radius 3 is 1.32 bits per heavy atom. The first kappa shape index (κ1) is 51.7. The number of alkyl carbamates (subject to hydrolysis) is 1. The Labute approximate surface area is 362 Å². The van der Waals surface area contributed by atoms with Crippen LogP contribution in [0.4, 0.5) is 4.79 Å².